The van der Waals surface area contributed by atoms with E-state index in [0.717, 1.165) is 32.6 Å². The molecular formula is C23H21N3O2S. The number of amides is 2. The quantitative estimate of drug-likeness (QED) is 0.506. The van der Waals surface area contributed by atoms with Crippen molar-refractivity contribution in [3.8, 4) is 11.1 Å². The number of primary amides is 1. The topological polar surface area (TPSA) is 77.1 Å². The minimum atomic E-state index is -0.550. The molecule has 0 aliphatic rings. The summed E-state index contributed by atoms with van der Waals surface area (Å²) in [4.78, 5) is 26.0. The fourth-order valence-corrected chi connectivity index (χ4v) is 4.79. The fraction of sp³-hybridized carbons (Fsp3) is 0.130. The first-order valence-electron chi connectivity index (χ1n) is 9.29. The molecule has 0 aliphatic heterocycles. The predicted octanol–water partition coefficient (Wildman–Crippen LogP) is 4.72. The van der Waals surface area contributed by atoms with E-state index in [9.17, 15) is 9.59 Å². The maximum absolute atomic E-state index is 12.8. The zero-order chi connectivity index (χ0) is 20.5. The van der Waals surface area contributed by atoms with E-state index in [2.05, 4.69) is 11.4 Å². The van der Waals surface area contributed by atoms with Gasteiger partial charge in [-0.1, -0.05) is 48.5 Å². The van der Waals surface area contributed by atoms with Crippen LogP contribution < -0.4 is 11.1 Å². The van der Waals surface area contributed by atoms with Gasteiger partial charge < -0.3 is 15.6 Å². The van der Waals surface area contributed by atoms with Crippen molar-refractivity contribution in [2.45, 2.75) is 20.4 Å². The standard InChI is InChI=1S/C23H21N3O2S/c1-14-12-17-10-6-7-11-18(17)26(14)13-19(27)25-23-21(22(24)28)20(15(2)29-23)16-8-4-3-5-9-16/h3-12H,13H2,1-2H3,(H2,24,28)(H,25,27). The van der Waals surface area contributed by atoms with Gasteiger partial charge in [-0.2, -0.15) is 0 Å². The van der Waals surface area contributed by atoms with Crippen LogP contribution in [0.5, 0.6) is 0 Å². The van der Waals surface area contributed by atoms with Crippen LogP contribution in [0.2, 0.25) is 0 Å². The molecule has 4 aromatic rings. The van der Waals surface area contributed by atoms with Crippen LogP contribution in [0, 0.1) is 13.8 Å². The average molecular weight is 404 g/mol. The number of anilines is 1. The van der Waals surface area contributed by atoms with Crippen molar-refractivity contribution in [2.75, 3.05) is 5.32 Å². The Morgan fingerprint density at radius 3 is 2.45 bits per heavy atom. The number of thiophene rings is 1. The summed E-state index contributed by atoms with van der Waals surface area (Å²) < 4.78 is 1.97. The Balaban J connectivity index is 1.67. The number of nitrogens with two attached hydrogens (primary N) is 1. The number of aromatic nitrogens is 1. The summed E-state index contributed by atoms with van der Waals surface area (Å²) in [5, 5.41) is 4.50. The summed E-state index contributed by atoms with van der Waals surface area (Å²) in [6, 6.07) is 19.6. The highest BCUT2D eigenvalue weighted by Crippen LogP contribution is 2.39. The van der Waals surface area contributed by atoms with Gasteiger partial charge in [0, 0.05) is 21.7 Å². The Morgan fingerprint density at radius 2 is 1.72 bits per heavy atom. The summed E-state index contributed by atoms with van der Waals surface area (Å²) in [5.74, 6) is -0.746. The molecule has 0 radical (unpaired) electrons. The van der Waals surface area contributed by atoms with Crippen molar-refractivity contribution >= 4 is 39.1 Å². The number of carbonyl (C=O) groups is 2. The average Bonchev–Trinajstić information content (AvgIpc) is 3.19. The molecule has 3 N–H and O–H groups in total. The molecule has 5 nitrogen and oxygen atoms in total. The lowest BCUT2D eigenvalue weighted by atomic mass is 10.0. The molecule has 2 aromatic heterocycles. The number of aryl methyl sites for hydroxylation is 2. The van der Waals surface area contributed by atoms with Gasteiger partial charge in [0.2, 0.25) is 5.91 Å². The van der Waals surface area contributed by atoms with Crippen LogP contribution in [-0.4, -0.2) is 16.4 Å². The number of benzene rings is 2. The number of hydrogen-bond donors (Lipinski definition) is 2. The second-order valence-electron chi connectivity index (χ2n) is 6.95. The van der Waals surface area contributed by atoms with Crippen LogP contribution in [0.15, 0.2) is 60.7 Å². The molecule has 146 valence electrons. The number of nitrogens with one attached hydrogen (secondary N) is 1. The fourth-order valence-electron chi connectivity index (χ4n) is 3.69. The molecule has 0 bridgehead atoms. The molecule has 0 aliphatic carbocycles. The first-order chi connectivity index (χ1) is 14.0. The number of carbonyl (C=O) groups excluding carboxylic acids is 2. The summed E-state index contributed by atoms with van der Waals surface area (Å²) >= 11 is 1.37. The molecule has 0 saturated heterocycles. The van der Waals surface area contributed by atoms with E-state index >= 15 is 0 Å². The lowest BCUT2D eigenvalue weighted by molar-refractivity contribution is -0.116. The van der Waals surface area contributed by atoms with Gasteiger partial charge in [-0.3, -0.25) is 9.59 Å². The van der Waals surface area contributed by atoms with Gasteiger partial charge in [0.1, 0.15) is 11.5 Å². The zero-order valence-corrected chi connectivity index (χ0v) is 17.0. The SMILES string of the molecule is Cc1sc(NC(=O)Cn2c(C)cc3ccccc32)c(C(N)=O)c1-c1ccccc1. The Morgan fingerprint density at radius 1 is 1.03 bits per heavy atom. The van der Waals surface area contributed by atoms with E-state index in [-0.39, 0.29) is 12.5 Å². The third kappa shape index (κ3) is 3.54. The first-order valence-corrected chi connectivity index (χ1v) is 10.1. The van der Waals surface area contributed by atoms with Gasteiger partial charge in [-0.15, -0.1) is 11.3 Å². The van der Waals surface area contributed by atoms with Crippen molar-refractivity contribution < 1.29 is 9.59 Å². The Labute approximate surface area is 172 Å². The maximum Gasteiger partial charge on any atom is 0.252 e. The molecule has 0 spiro atoms. The highest BCUT2D eigenvalue weighted by Gasteiger charge is 2.23. The number of rotatable bonds is 5. The van der Waals surface area contributed by atoms with E-state index in [1.54, 1.807) is 0 Å². The lowest BCUT2D eigenvalue weighted by Crippen LogP contribution is -2.21. The number of para-hydroxylation sites is 1. The second-order valence-corrected chi connectivity index (χ2v) is 8.17. The molecule has 4 rings (SSSR count). The first kappa shape index (κ1) is 19.0. The number of hydrogen-bond acceptors (Lipinski definition) is 3. The molecule has 0 unspecified atom stereocenters. The van der Waals surface area contributed by atoms with Crippen LogP contribution >= 0.6 is 11.3 Å². The van der Waals surface area contributed by atoms with Gasteiger partial charge >= 0.3 is 0 Å². The van der Waals surface area contributed by atoms with E-state index in [0.29, 0.717) is 10.6 Å². The largest absolute Gasteiger partial charge is 0.365 e. The summed E-state index contributed by atoms with van der Waals surface area (Å²) in [7, 11) is 0. The second kappa shape index (κ2) is 7.56. The molecule has 0 fully saturated rings. The molecular weight excluding hydrogens is 382 g/mol. The Kier molecular flexibility index (Phi) is 4.94. The minimum Gasteiger partial charge on any atom is -0.365 e. The summed E-state index contributed by atoms with van der Waals surface area (Å²) in [6.07, 6.45) is 0. The number of nitrogens with zero attached hydrogens (tertiary/aromatic N) is 1. The van der Waals surface area contributed by atoms with Crippen molar-refractivity contribution in [1.29, 1.82) is 0 Å². The van der Waals surface area contributed by atoms with Gasteiger partial charge in [0.05, 0.1) is 5.56 Å². The monoisotopic (exact) mass is 403 g/mol. The lowest BCUT2D eigenvalue weighted by Gasteiger charge is -2.10. The van der Waals surface area contributed by atoms with Gasteiger partial charge in [-0.25, -0.2) is 0 Å². The van der Waals surface area contributed by atoms with E-state index in [1.165, 1.54) is 11.3 Å². The molecule has 0 atom stereocenters. The smallest absolute Gasteiger partial charge is 0.252 e. The molecule has 2 amide bonds. The molecule has 29 heavy (non-hydrogen) atoms. The Bertz CT molecular complexity index is 1220. The third-order valence-corrected chi connectivity index (χ3v) is 5.99. The van der Waals surface area contributed by atoms with Crippen LogP contribution in [0.3, 0.4) is 0 Å². The molecule has 2 aromatic carbocycles. The van der Waals surface area contributed by atoms with E-state index in [1.807, 2.05) is 73.0 Å². The van der Waals surface area contributed by atoms with Crippen LogP contribution in [0.4, 0.5) is 5.00 Å². The number of fused-ring (bicyclic) bond motifs is 1. The highest BCUT2D eigenvalue weighted by molar-refractivity contribution is 7.17. The zero-order valence-electron chi connectivity index (χ0n) is 16.2. The van der Waals surface area contributed by atoms with E-state index < -0.39 is 5.91 Å². The van der Waals surface area contributed by atoms with Crippen molar-refractivity contribution in [1.82, 2.24) is 4.57 Å². The normalized spacial score (nSPS) is 11.0. The van der Waals surface area contributed by atoms with Gasteiger partial charge in [0.25, 0.3) is 5.91 Å². The minimum absolute atomic E-state index is 0.162. The molecule has 6 heteroatoms. The van der Waals surface area contributed by atoms with Crippen molar-refractivity contribution in [3.63, 3.8) is 0 Å². The maximum atomic E-state index is 12.8. The molecule has 0 saturated carbocycles. The predicted molar refractivity (Wildman–Crippen MR) is 118 cm³/mol. The van der Waals surface area contributed by atoms with Crippen molar-refractivity contribution in [3.05, 3.63) is 76.8 Å². The van der Waals surface area contributed by atoms with Gasteiger partial charge in [0.15, 0.2) is 0 Å². The van der Waals surface area contributed by atoms with Crippen molar-refractivity contribution in [2.24, 2.45) is 5.73 Å². The van der Waals surface area contributed by atoms with Crippen LogP contribution in [0.25, 0.3) is 22.0 Å². The summed E-state index contributed by atoms with van der Waals surface area (Å²) in [5.41, 5.74) is 9.74. The molecule has 2 heterocycles. The van der Waals surface area contributed by atoms with E-state index in [4.69, 9.17) is 5.73 Å². The third-order valence-electron chi connectivity index (χ3n) is 4.97. The summed E-state index contributed by atoms with van der Waals surface area (Å²) in [6.45, 7) is 4.07. The Hall–Kier alpha value is -3.38. The van der Waals surface area contributed by atoms with Gasteiger partial charge in [-0.05, 0) is 36.9 Å². The highest BCUT2D eigenvalue weighted by atomic mass is 32.1. The van der Waals surface area contributed by atoms with Crippen LogP contribution in [-0.2, 0) is 11.3 Å². The van der Waals surface area contributed by atoms with Crippen LogP contribution in [0.1, 0.15) is 20.9 Å².